The molecule has 2 aliphatic rings. The number of fused-ring (bicyclic) bond motifs is 1. The van der Waals surface area contributed by atoms with Crippen molar-refractivity contribution in [1.82, 2.24) is 5.01 Å². The molecule has 0 aromatic carbocycles. The summed E-state index contributed by atoms with van der Waals surface area (Å²) in [6, 6.07) is 0. The fourth-order valence-electron chi connectivity index (χ4n) is 0.724. The van der Waals surface area contributed by atoms with Crippen LogP contribution in [0.25, 0.3) is 0 Å². The Labute approximate surface area is 57.1 Å². The molecule has 3 nitrogen and oxygen atoms in total. The first-order chi connectivity index (χ1) is 4.47. The summed E-state index contributed by atoms with van der Waals surface area (Å²) in [5.41, 5.74) is 1.80. The van der Waals surface area contributed by atoms with Crippen LogP contribution in [0, 0.1) is 0 Å². The summed E-state index contributed by atoms with van der Waals surface area (Å²) in [5.74, 6) is 0. The zero-order chi connectivity index (χ0) is 6.10. The van der Waals surface area contributed by atoms with E-state index in [4.69, 9.17) is 0 Å². The molecule has 2 aliphatic heterocycles. The molecule has 0 amide bonds. The van der Waals surface area contributed by atoms with Crippen molar-refractivity contribution in [3.05, 3.63) is 12.3 Å². The third kappa shape index (κ3) is 0.751. The van der Waals surface area contributed by atoms with Crippen LogP contribution in [0.3, 0.4) is 0 Å². The Kier molecular flexibility index (Phi) is 1.05. The Hall–Kier alpha value is -0.770. The number of nitrogens with zero attached hydrogens (tertiary/aromatic N) is 3. The average Bonchev–Trinajstić information content (AvgIpc) is 2.33. The summed E-state index contributed by atoms with van der Waals surface area (Å²) >= 11 is 1.56. The van der Waals surface area contributed by atoms with Crippen molar-refractivity contribution in [1.29, 1.82) is 0 Å². The lowest BCUT2D eigenvalue weighted by molar-refractivity contribution is 0.506. The van der Waals surface area contributed by atoms with Crippen LogP contribution in [0.1, 0.15) is 0 Å². The Morgan fingerprint density at radius 3 is 3.56 bits per heavy atom. The summed E-state index contributed by atoms with van der Waals surface area (Å²) < 4.78 is 0. The first kappa shape index (κ1) is 5.05. The molecule has 0 bridgehead atoms. The molecule has 0 aliphatic carbocycles. The molecular weight excluding hydrogens is 134 g/mol. The monoisotopic (exact) mass is 139 g/mol. The number of hydrogen-bond donors (Lipinski definition) is 0. The van der Waals surface area contributed by atoms with Crippen molar-refractivity contribution in [2.75, 3.05) is 6.54 Å². The van der Waals surface area contributed by atoms with E-state index >= 15 is 0 Å². The minimum atomic E-state index is 0.863. The molecular formula is C5H5N3S. The average molecular weight is 139 g/mol. The van der Waals surface area contributed by atoms with E-state index in [2.05, 4.69) is 10.1 Å². The number of hydrazone groups is 1. The Morgan fingerprint density at radius 2 is 2.67 bits per heavy atom. The highest BCUT2D eigenvalue weighted by Gasteiger charge is 2.15. The van der Waals surface area contributed by atoms with Gasteiger partial charge in [0, 0.05) is 6.20 Å². The second kappa shape index (κ2) is 1.88. The van der Waals surface area contributed by atoms with Crippen LogP contribution in [0.15, 0.2) is 22.4 Å². The summed E-state index contributed by atoms with van der Waals surface area (Å²) in [7, 11) is 0. The van der Waals surface area contributed by atoms with Crippen LogP contribution in [0.2, 0.25) is 0 Å². The van der Waals surface area contributed by atoms with Gasteiger partial charge in [-0.15, -0.1) is 0 Å². The molecule has 4 heteroatoms. The lowest BCUT2D eigenvalue weighted by Crippen LogP contribution is -2.20. The Morgan fingerprint density at radius 1 is 1.67 bits per heavy atom. The summed E-state index contributed by atoms with van der Waals surface area (Å²) in [4.78, 5) is 4.09. The van der Waals surface area contributed by atoms with Crippen molar-refractivity contribution in [3.63, 3.8) is 0 Å². The van der Waals surface area contributed by atoms with Gasteiger partial charge in [0.05, 0.1) is 12.1 Å². The number of aliphatic imine (C=N–C) groups is 1. The molecule has 0 saturated carbocycles. The molecule has 46 valence electrons. The van der Waals surface area contributed by atoms with E-state index in [1.165, 1.54) is 0 Å². The maximum atomic E-state index is 4.09. The highest BCUT2D eigenvalue weighted by atomic mass is 32.2. The van der Waals surface area contributed by atoms with Crippen molar-refractivity contribution >= 4 is 22.5 Å². The number of hydrogen-bond acceptors (Lipinski definition) is 4. The fraction of sp³-hybridized carbons (Fsp3) is 0.200. The van der Waals surface area contributed by atoms with Crippen molar-refractivity contribution in [2.45, 2.75) is 0 Å². The van der Waals surface area contributed by atoms with Crippen LogP contribution in [0.5, 0.6) is 0 Å². The topological polar surface area (TPSA) is 28.0 Å². The largest absolute Gasteiger partial charge is 0.238 e. The van der Waals surface area contributed by atoms with E-state index in [1.54, 1.807) is 17.3 Å². The third-order valence-corrected chi connectivity index (χ3v) is 1.86. The quantitative estimate of drug-likeness (QED) is 0.498. The van der Waals surface area contributed by atoms with Gasteiger partial charge in [0.2, 0.25) is 0 Å². The molecule has 0 saturated heterocycles. The molecule has 0 fully saturated rings. The van der Waals surface area contributed by atoms with E-state index in [-0.39, 0.29) is 0 Å². The summed E-state index contributed by atoms with van der Waals surface area (Å²) in [6.45, 7) is 0.863. The van der Waals surface area contributed by atoms with Gasteiger partial charge in [0.15, 0.2) is 5.17 Å². The minimum Gasteiger partial charge on any atom is -0.238 e. The minimum absolute atomic E-state index is 0.863. The molecule has 0 N–H and O–H groups in total. The molecule has 0 aromatic rings. The first-order valence-electron chi connectivity index (χ1n) is 2.66. The Bertz CT molecular complexity index is 206. The molecule has 0 spiro atoms. The highest BCUT2D eigenvalue weighted by Crippen LogP contribution is 2.16. The van der Waals surface area contributed by atoms with Crippen LogP contribution in [-0.2, 0) is 0 Å². The van der Waals surface area contributed by atoms with Gasteiger partial charge in [-0.05, 0) is 17.8 Å². The van der Waals surface area contributed by atoms with Crippen LogP contribution < -0.4 is 0 Å². The van der Waals surface area contributed by atoms with E-state index < -0.39 is 0 Å². The van der Waals surface area contributed by atoms with E-state index in [1.807, 2.05) is 17.3 Å². The van der Waals surface area contributed by atoms with Gasteiger partial charge in [-0.25, -0.2) is 10.0 Å². The second-order valence-electron chi connectivity index (χ2n) is 1.72. The molecule has 9 heavy (non-hydrogen) atoms. The lowest BCUT2D eigenvalue weighted by Gasteiger charge is -2.12. The Balaban J connectivity index is 2.29. The maximum Gasteiger partial charge on any atom is 0.190 e. The van der Waals surface area contributed by atoms with Gasteiger partial charge < -0.3 is 0 Å². The van der Waals surface area contributed by atoms with Gasteiger partial charge in [-0.1, -0.05) is 0 Å². The number of rotatable bonds is 0. The van der Waals surface area contributed by atoms with Crippen LogP contribution in [-0.4, -0.2) is 22.3 Å². The first-order valence-corrected chi connectivity index (χ1v) is 3.54. The SMILES string of the molecule is C1=CN=C2SC=NN2C1. The molecule has 0 unspecified atom stereocenters. The summed E-state index contributed by atoms with van der Waals surface area (Å²) in [6.07, 6.45) is 3.79. The predicted octanol–water partition coefficient (Wildman–Crippen LogP) is 0.862. The van der Waals surface area contributed by atoms with Crippen molar-refractivity contribution < 1.29 is 0 Å². The van der Waals surface area contributed by atoms with Gasteiger partial charge in [-0.3, -0.25) is 0 Å². The summed E-state index contributed by atoms with van der Waals surface area (Å²) in [5, 5.41) is 6.90. The zero-order valence-electron chi connectivity index (χ0n) is 4.69. The van der Waals surface area contributed by atoms with Gasteiger partial charge in [0.1, 0.15) is 0 Å². The van der Waals surface area contributed by atoms with Crippen molar-refractivity contribution in [3.8, 4) is 0 Å². The van der Waals surface area contributed by atoms with Crippen LogP contribution >= 0.6 is 11.8 Å². The van der Waals surface area contributed by atoms with Gasteiger partial charge >= 0.3 is 0 Å². The fourth-order valence-corrected chi connectivity index (χ4v) is 1.34. The van der Waals surface area contributed by atoms with Crippen LogP contribution in [0.4, 0.5) is 0 Å². The second-order valence-corrected chi connectivity index (χ2v) is 2.53. The maximum absolute atomic E-state index is 4.09. The molecule has 0 atom stereocenters. The lowest BCUT2D eigenvalue weighted by atomic mass is 10.5. The van der Waals surface area contributed by atoms with Crippen molar-refractivity contribution in [2.24, 2.45) is 10.1 Å². The smallest absolute Gasteiger partial charge is 0.190 e. The standard InChI is InChI=1S/C5H5N3S/c1-2-6-5-8(3-1)7-4-9-5/h1-2,4H,3H2. The third-order valence-electron chi connectivity index (χ3n) is 1.13. The van der Waals surface area contributed by atoms with E-state index in [0.29, 0.717) is 0 Å². The number of amidine groups is 1. The molecule has 0 radical (unpaired) electrons. The normalized spacial score (nSPS) is 22.2. The molecule has 0 aromatic heterocycles. The van der Waals surface area contributed by atoms with Gasteiger partial charge in [0.25, 0.3) is 0 Å². The van der Waals surface area contributed by atoms with Gasteiger partial charge in [-0.2, -0.15) is 5.10 Å². The highest BCUT2D eigenvalue weighted by molar-refractivity contribution is 8.25. The predicted molar refractivity (Wildman–Crippen MR) is 39.4 cm³/mol. The number of thioether (sulfide) groups is 1. The van der Waals surface area contributed by atoms with E-state index in [9.17, 15) is 0 Å². The molecule has 2 heterocycles. The zero-order valence-corrected chi connectivity index (χ0v) is 5.51. The molecule has 2 rings (SSSR count). The van der Waals surface area contributed by atoms with E-state index in [0.717, 1.165) is 11.7 Å².